The molecule has 0 fully saturated rings. The van der Waals surface area contributed by atoms with Crippen molar-refractivity contribution < 1.29 is 9.18 Å². The van der Waals surface area contributed by atoms with Crippen LogP contribution in [0.25, 0.3) is 0 Å². The summed E-state index contributed by atoms with van der Waals surface area (Å²) in [5.74, 6) is 0.107. The molecule has 2 rings (SSSR count). The normalized spacial score (nSPS) is 10.8. The third-order valence-corrected chi connectivity index (χ3v) is 3.29. The molecule has 0 saturated carbocycles. The summed E-state index contributed by atoms with van der Waals surface area (Å²) in [5, 5.41) is 0. The van der Waals surface area contributed by atoms with Gasteiger partial charge in [-0.05, 0) is 36.5 Å². The molecule has 0 N–H and O–H groups in total. The summed E-state index contributed by atoms with van der Waals surface area (Å²) in [6.07, 6.45) is 0.994. The number of hydrogen-bond acceptors (Lipinski definition) is 1. The van der Waals surface area contributed by atoms with Gasteiger partial charge < -0.3 is 0 Å². The van der Waals surface area contributed by atoms with Crippen molar-refractivity contribution in [2.24, 2.45) is 5.92 Å². The van der Waals surface area contributed by atoms with Crippen molar-refractivity contribution in [1.29, 1.82) is 0 Å². The first-order valence-corrected chi connectivity index (χ1v) is 6.87. The second-order valence-electron chi connectivity index (χ2n) is 5.59. The van der Waals surface area contributed by atoms with Crippen LogP contribution >= 0.6 is 0 Å². The van der Waals surface area contributed by atoms with Crippen LogP contribution in [0.5, 0.6) is 0 Å². The number of hydrogen-bond donors (Lipinski definition) is 0. The molecular formula is C18H19FO. The molecule has 104 valence electrons. The van der Waals surface area contributed by atoms with Crippen LogP contribution < -0.4 is 0 Å². The smallest absolute Gasteiger partial charge is 0.193 e. The summed E-state index contributed by atoms with van der Waals surface area (Å²) in [6.45, 7) is 6.01. The van der Waals surface area contributed by atoms with Crippen molar-refractivity contribution in [1.82, 2.24) is 0 Å². The van der Waals surface area contributed by atoms with E-state index in [1.165, 1.54) is 11.6 Å². The first-order valence-electron chi connectivity index (χ1n) is 6.87. The number of carbonyl (C=O) groups is 1. The second-order valence-corrected chi connectivity index (χ2v) is 5.59. The molecule has 0 aliphatic heterocycles. The lowest BCUT2D eigenvalue weighted by atomic mass is 9.98. The molecule has 0 unspecified atom stereocenters. The largest absolute Gasteiger partial charge is 0.289 e. The Morgan fingerprint density at radius 1 is 1.05 bits per heavy atom. The highest BCUT2D eigenvalue weighted by molar-refractivity contribution is 6.09. The number of benzene rings is 2. The molecule has 0 aromatic heterocycles. The molecule has 0 aliphatic rings. The summed E-state index contributed by atoms with van der Waals surface area (Å²) in [4.78, 5) is 12.3. The van der Waals surface area contributed by atoms with Gasteiger partial charge >= 0.3 is 0 Å². The first-order chi connectivity index (χ1) is 9.47. The third-order valence-electron chi connectivity index (χ3n) is 3.29. The zero-order chi connectivity index (χ0) is 14.7. The van der Waals surface area contributed by atoms with Crippen molar-refractivity contribution in [3.8, 4) is 0 Å². The van der Waals surface area contributed by atoms with Crippen LogP contribution in [0.3, 0.4) is 0 Å². The van der Waals surface area contributed by atoms with Gasteiger partial charge in [-0.25, -0.2) is 4.39 Å². The van der Waals surface area contributed by atoms with Crippen molar-refractivity contribution in [3.05, 3.63) is 70.5 Å². The molecule has 0 bridgehead atoms. The summed E-state index contributed by atoms with van der Waals surface area (Å²) in [6, 6.07) is 12.2. The van der Waals surface area contributed by atoms with Gasteiger partial charge in [0.05, 0.1) is 0 Å². The Balaban J connectivity index is 2.22. The predicted molar refractivity (Wildman–Crippen MR) is 79.6 cm³/mol. The summed E-state index contributed by atoms with van der Waals surface area (Å²) >= 11 is 0. The van der Waals surface area contributed by atoms with Crippen molar-refractivity contribution >= 4 is 5.78 Å². The summed E-state index contributed by atoms with van der Waals surface area (Å²) in [7, 11) is 0. The van der Waals surface area contributed by atoms with Crippen molar-refractivity contribution in [3.63, 3.8) is 0 Å². The minimum Gasteiger partial charge on any atom is -0.289 e. The highest BCUT2D eigenvalue weighted by atomic mass is 19.1. The van der Waals surface area contributed by atoms with E-state index in [-0.39, 0.29) is 11.6 Å². The van der Waals surface area contributed by atoms with Crippen LogP contribution in [0.4, 0.5) is 4.39 Å². The average Bonchev–Trinajstić information content (AvgIpc) is 2.41. The Hall–Kier alpha value is -1.96. The molecule has 2 aromatic rings. The Labute approximate surface area is 119 Å². The van der Waals surface area contributed by atoms with E-state index in [0.29, 0.717) is 22.6 Å². The topological polar surface area (TPSA) is 17.1 Å². The molecule has 1 nitrogen and oxygen atoms in total. The molecule has 20 heavy (non-hydrogen) atoms. The number of aryl methyl sites for hydroxylation is 1. The van der Waals surface area contributed by atoms with Gasteiger partial charge in [-0.3, -0.25) is 4.79 Å². The Bertz CT molecular complexity index is 612. The Morgan fingerprint density at radius 2 is 1.65 bits per heavy atom. The maximum atomic E-state index is 13.5. The highest BCUT2D eigenvalue weighted by Crippen LogP contribution is 2.16. The lowest BCUT2D eigenvalue weighted by Gasteiger charge is -2.07. The SMILES string of the molecule is Cc1ccc(C(=O)c2ccc(CC(C)C)cc2)cc1F. The van der Waals surface area contributed by atoms with Gasteiger partial charge in [0.25, 0.3) is 0 Å². The van der Waals surface area contributed by atoms with Crippen LogP contribution in [0.15, 0.2) is 42.5 Å². The van der Waals surface area contributed by atoms with E-state index < -0.39 is 0 Å². The van der Waals surface area contributed by atoms with E-state index in [2.05, 4.69) is 13.8 Å². The molecule has 2 aromatic carbocycles. The fraction of sp³-hybridized carbons (Fsp3) is 0.278. The second kappa shape index (κ2) is 6.00. The van der Waals surface area contributed by atoms with Gasteiger partial charge in [0.15, 0.2) is 5.78 Å². The van der Waals surface area contributed by atoms with E-state index in [1.807, 2.05) is 24.3 Å². The highest BCUT2D eigenvalue weighted by Gasteiger charge is 2.11. The summed E-state index contributed by atoms with van der Waals surface area (Å²) in [5.41, 5.74) is 2.76. The molecular weight excluding hydrogens is 251 g/mol. The summed E-state index contributed by atoms with van der Waals surface area (Å²) < 4.78 is 13.5. The fourth-order valence-electron chi connectivity index (χ4n) is 2.16. The fourth-order valence-corrected chi connectivity index (χ4v) is 2.16. The molecule has 0 spiro atoms. The number of halogens is 1. The lowest BCUT2D eigenvalue weighted by molar-refractivity contribution is 0.103. The minimum atomic E-state index is -0.340. The van der Waals surface area contributed by atoms with Crippen LogP contribution in [-0.2, 0) is 6.42 Å². The molecule has 0 amide bonds. The van der Waals surface area contributed by atoms with Gasteiger partial charge in [0.1, 0.15) is 5.82 Å². The number of ketones is 1. The molecule has 2 heteroatoms. The Morgan fingerprint density at radius 3 is 2.20 bits per heavy atom. The standard InChI is InChI=1S/C18H19FO/c1-12(2)10-14-5-8-15(9-6-14)18(20)16-7-4-13(3)17(19)11-16/h4-9,11-12H,10H2,1-3H3. The minimum absolute atomic E-state index is 0.139. The van der Waals surface area contributed by atoms with Gasteiger partial charge in [0.2, 0.25) is 0 Å². The van der Waals surface area contributed by atoms with E-state index in [4.69, 9.17) is 0 Å². The van der Waals surface area contributed by atoms with Gasteiger partial charge in [-0.15, -0.1) is 0 Å². The van der Waals surface area contributed by atoms with Gasteiger partial charge in [0, 0.05) is 11.1 Å². The van der Waals surface area contributed by atoms with Crippen molar-refractivity contribution in [2.45, 2.75) is 27.2 Å². The maximum Gasteiger partial charge on any atom is 0.193 e. The molecule has 0 saturated heterocycles. The van der Waals surface area contributed by atoms with Gasteiger partial charge in [-0.1, -0.05) is 50.2 Å². The lowest BCUT2D eigenvalue weighted by Crippen LogP contribution is -2.03. The zero-order valence-corrected chi connectivity index (χ0v) is 12.1. The van der Waals surface area contributed by atoms with Crippen LogP contribution in [0, 0.1) is 18.7 Å². The van der Waals surface area contributed by atoms with Crippen LogP contribution in [-0.4, -0.2) is 5.78 Å². The predicted octanol–water partition coefficient (Wildman–Crippen LogP) is 4.56. The monoisotopic (exact) mass is 270 g/mol. The molecule has 0 atom stereocenters. The quantitative estimate of drug-likeness (QED) is 0.744. The van der Waals surface area contributed by atoms with Crippen LogP contribution in [0.1, 0.15) is 40.9 Å². The van der Waals surface area contributed by atoms with Gasteiger partial charge in [-0.2, -0.15) is 0 Å². The molecule has 0 radical (unpaired) electrons. The van der Waals surface area contributed by atoms with E-state index in [0.717, 1.165) is 6.42 Å². The van der Waals surface area contributed by atoms with E-state index >= 15 is 0 Å². The molecule has 0 heterocycles. The van der Waals surface area contributed by atoms with E-state index in [1.54, 1.807) is 19.1 Å². The van der Waals surface area contributed by atoms with E-state index in [9.17, 15) is 9.18 Å². The average molecular weight is 270 g/mol. The van der Waals surface area contributed by atoms with Crippen molar-refractivity contribution in [2.75, 3.05) is 0 Å². The number of rotatable bonds is 4. The first kappa shape index (κ1) is 14.4. The van der Waals surface area contributed by atoms with Crippen LogP contribution in [0.2, 0.25) is 0 Å². The number of carbonyl (C=O) groups excluding carboxylic acids is 1. The maximum absolute atomic E-state index is 13.5. The molecule has 0 aliphatic carbocycles. The zero-order valence-electron chi connectivity index (χ0n) is 12.1. The third kappa shape index (κ3) is 3.32. The Kier molecular flexibility index (Phi) is 4.33.